The molecule has 0 radical (unpaired) electrons. The lowest BCUT2D eigenvalue weighted by atomic mass is 10.0. The van der Waals surface area contributed by atoms with Crippen molar-refractivity contribution in [1.82, 2.24) is 54.0 Å². The number of hydrogen-bond donors (Lipinski definition) is 0. The van der Waals surface area contributed by atoms with Gasteiger partial charge in [0.25, 0.3) is 0 Å². The van der Waals surface area contributed by atoms with E-state index in [1.807, 2.05) is 166 Å². The number of benzene rings is 9. The molecule has 14 aromatic rings. The molecular formula is C66H42N12. The van der Waals surface area contributed by atoms with Gasteiger partial charge in [-0.25, -0.2) is 44.9 Å². The predicted octanol–water partition coefficient (Wildman–Crippen LogP) is 14.6. The zero-order chi connectivity index (χ0) is 52.3. The molecule has 0 bridgehead atoms. The van der Waals surface area contributed by atoms with Gasteiger partial charge in [-0.3, -0.25) is 0 Å². The fraction of sp³-hybridized carbons (Fsp3) is 0.0303. The van der Waals surface area contributed by atoms with Crippen LogP contribution in [-0.2, 0) is 0 Å². The molecule has 9 aromatic carbocycles. The molecule has 0 N–H and O–H groups in total. The van der Waals surface area contributed by atoms with E-state index in [9.17, 15) is 5.26 Å². The number of aryl methyl sites for hydroxylation is 2. The summed E-state index contributed by atoms with van der Waals surface area (Å²) >= 11 is 0. The molecule has 5 aromatic heterocycles. The van der Waals surface area contributed by atoms with Crippen LogP contribution in [0.2, 0.25) is 0 Å². The van der Waals surface area contributed by atoms with Gasteiger partial charge >= 0.3 is 0 Å². The monoisotopic (exact) mass is 1000 g/mol. The van der Waals surface area contributed by atoms with E-state index in [2.05, 4.69) is 86.9 Å². The number of para-hydroxylation sites is 2. The fourth-order valence-electron chi connectivity index (χ4n) is 10.6. The Labute approximate surface area is 447 Å². The SMILES string of the molecule is Cc1nc(C)nc(-c2cc(-n3c4ccccc4c4ccc(-c5nc(-c6ccccc6)nc(-c6ccccc6)n5)cc43)c(C#N)cc2-n2c3ccccc3c3ccc(-c4nc(-c5ccccc5)nc(-c5ccccc5)n4)cc32)n1. The highest BCUT2D eigenvalue weighted by molar-refractivity contribution is 6.12. The molecule has 0 unspecified atom stereocenters. The van der Waals surface area contributed by atoms with Crippen LogP contribution in [0.3, 0.4) is 0 Å². The Morgan fingerprint density at radius 3 is 1.04 bits per heavy atom. The van der Waals surface area contributed by atoms with Crippen molar-refractivity contribution in [1.29, 1.82) is 5.26 Å². The summed E-state index contributed by atoms with van der Waals surface area (Å²) in [4.78, 5) is 45.0. The molecule has 0 saturated carbocycles. The average molecular weight is 1000 g/mol. The molecule has 0 aliphatic rings. The van der Waals surface area contributed by atoms with E-state index in [0.717, 1.165) is 77.0 Å². The Balaban J connectivity index is 1.01. The minimum Gasteiger partial charge on any atom is -0.308 e. The van der Waals surface area contributed by atoms with Crippen molar-refractivity contribution in [2.45, 2.75) is 13.8 Å². The summed E-state index contributed by atoms with van der Waals surface area (Å²) in [7, 11) is 0. The normalized spacial score (nSPS) is 11.4. The summed E-state index contributed by atoms with van der Waals surface area (Å²) < 4.78 is 4.37. The molecular weight excluding hydrogens is 961 g/mol. The van der Waals surface area contributed by atoms with Gasteiger partial charge in [0.15, 0.2) is 40.8 Å². The third-order valence-corrected chi connectivity index (χ3v) is 14.1. The zero-order valence-corrected chi connectivity index (χ0v) is 42.2. The molecule has 0 saturated heterocycles. The zero-order valence-electron chi connectivity index (χ0n) is 42.2. The van der Waals surface area contributed by atoms with Gasteiger partial charge in [-0.05, 0) is 50.2 Å². The number of rotatable bonds is 9. The van der Waals surface area contributed by atoms with Crippen molar-refractivity contribution in [3.05, 3.63) is 236 Å². The van der Waals surface area contributed by atoms with Gasteiger partial charge in [-0.1, -0.05) is 182 Å². The second-order valence-corrected chi connectivity index (χ2v) is 19.0. The third-order valence-electron chi connectivity index (χ3n) is 14.1. The van der Waals surface area contributed by atoms with E-state index in [0.29, 0.717) is 74.9 Å². The van der Waals surface area contributed by atoms with E-state index in [-0.39, 0.29) is 0 Å². The third kappa shape index (κ3) is 7.98. The summed E-state index contributed by atoms with van der Waals surface area (Å²) in [6, 6.07) is 75.7. The summed E-state index contributed by atoms with van der Waals surface area (Å²) in [6.07, 6.45) is 0. The summed E-state index contributed by atoms with van der Waals surface area (Å²) in [5.74, 6) is 4.91. The first kappa shape index (κ1) is 45.7. The lowest BCUT2D eigenvalue weighted by Gasteiger charge is -2.18. The molecule has 0 atom stereocenters. The summed E-state index contributed by atoms with van der Waals surface area (Å²) in [6.45, 7) is 3.75. The molecule has 0 aliphatic carbocycles. The quantitative estimate of drug-likeness (QED) is 0.137. The van der Waals surface area contributed by atoms with Gasteiger partial charge in [0, 0.05) is 60.5 Å². The molecule has 0 aliphatic heterocycles. The maximum absolute atomic E-state index is 11.5. The van der Waals surface area contributed by atoms with Crippen LogP contribution in [0, 0.1) is 25.2 Å². The molecule has 0 fully saturated rings. The van der Waals surface area contributed by atoms with Crippen LogP contribution in [0.15, 0.2) is 218 Å². The van der Waals surface area contributed by atoms with Gasteiger partial charge in [0.1, 0.15) is 17.7 Å². The van der Waals surface area contributed by atoms with Gasteiger partial charge in [-0.2, -0.15) is 5.26 Å². The van der Waals surface area contributed by atoms with Gasteiger partial charge in [-0.15, -0.1) is 0 Å². The minimum atomic E-state index is 0.432. The van der Waals surface area contributed by atoms with E-state index in [1.54, 1.807) is 0 Å². The van der Waals surface area contributed by atoms with Gasteiger partial charge in [0.05, 0.1) is 39.0 Å². The molecule has 366 valence electrons. The van der Waals surface area contributed by atoms with Crippen molar-refractivity contribution in [3.8, 4) is 97.2 Å². The molecule has 12 nitrogen and oxygen atoms in total. The average Bonchev–Trinajstić information content (AvgIpc) is 4.23. The number of hydrogen-bond acceptors (Lipinski definition) is 10. The van der Waals surface area contributed by atoms with Crippen molar-refractivity contribution < 1.29 is 0 Å². The second kappa shape index (κ2) is 18.8. The summed E-state index contributed by atoms with van der Waals surface area (Å²) in [5, 5.41) is 15.6. The van der Waals surface area contributed by atoms with Crippen LogP contribution in [0.1, 0.15) is 17.2 Å². The maximum atomic E-state index is 11.5. The molecule has 78 heavy (non-hydrogen) atoms. The lowest BCUT2D eigenvalue weighted by Crippen LogP contribution is -2.07. The lowest BCUT2D eigenvalue weighted by molar-refractivity contribution is 0.926. The second-order valence-electron chi connectivity index (χ2n) is 19.0. The highest BCUT2D eigenvalue weighted by atomic mass is 15.1. The Morgan fingerprint density at radius 1 is 0.295 bits per heavy atom. The summed E-state index contributed by atoms with van der Waals surface area (Å²) in [5.41, 5.74) is 11.2. The highest BCUT2D eigenvalue weighted by Gasteiger charge is 2.25. The topological polar surface area (TPSA) is 150 Å². The van der Waals surface area contributed by atoms with Gasteiger partial charge in [0.2, 0.25) is 0 Å². The van der Waals surface area contributed by atoms with Crippen LogP contribution in [-0.4, -0.2) is 54.0 Å². The van der Waals surface area contributed by atoms with E-state index < -0.39 is 0 Å². The molecule has 0 amide bonds. The smallest absolute Gasteiger partial charge is 0.165 e. The van der Waals surface area contributed by atoms with E-state index >= 15 is 0 Å². The van der Waals surface area contributed by atoms with Crippen molar-refractivity contribution >= 4 is 43.6 Å². The van der Waals surface area contributed by atoms with E-state index in [4.69, 9.17) is 39.9 Å². The van der Waals surface area contributed by atoms with Crippen LogP contribution in [0.4, 0.5) is 0 Å². The highest BCUT2D eigenvalue weighted by Crippen LogP contribution is 2.42. The first-order chi connectivity index (χ1) is 38.4. The van der Waals surface area contributed by atoms with Crippen LogP contribution in [0.5, 0.6) is 0 Å². The van der Waals surface area contributed by atoms with Crippen LogP contribution in [0.25, 0.3) is 135 Å². The number of fused-ring (bicyclic) bond motifs is 6. The Bertz CT molecular complexity index is 4570. The first-order valence-corrected chi connectivity index (χ1v) is 25.5. The molecule has 12 heteroatoms. The Kier molecular flexibility index (Phi) is 11.0. The minimum absolute atomic E-state index is 0.432. The van der Waals surface area contributed by atoms with Crippen molar-refractivity contribution in [3.63, 3.8) is 0 Å². The first-order valence-electron chi connectivity index (χ1n) is 25.5. The van der Waals surface area contributed by atoms with Crippen LogP contribution < -0.4 is 0 Å². The number of nitriles is 1. The van der Waals surface area contributed by atoms with Crippen molar-refractivity contribution in [2.24, 2.45) is 0 Å². The van der Waals surface area contributed by atoms with Crippen LogP contribution >= 0.6 is 0 Å². The maximum Gasteiger partial charge on any atom is 0.165 e. The predicted molar refractivity (Wildman–Crippen MR) is 308 cm³/mol. The number of aromatic nitrogens is 11. The molecule has 14 rings (SSSR count). The Hall–Kier alpha value is -10.9. The molecule has 0 spiro atoms. The van der Waals surface area contributed by atoms with Gasteiger partial charge < -0.3 is 9.13 Å². The standard InChI is InChI=1S/C66H42N12/c1-40-68-41(2)70-66(69-40)53-38-56(77-54-29-17-15-27-49(54)51-33-31-46(35-57(51)77)64-73-60(42-19-7-3-8-20-42)71-61(74-64)43-21-9-4-10-22-43)48(39-67)37-59(53)78-55-30-18-16-28-50(55)52-34-32-47(36-58(52)78)65-75-62(44-23-11-5-12-24-44)72-63(76-65)45-25-13-6-14-26-45/h3-38H,1-2H3. The van der Waals surface area contributed by atoms with E-state index in [1.165, 1.54) is 0 Å². The van der Waals surface area contributed by atoms with Crippen molar-refractivity contribution in [2.75, 3.05) is 0 Å². The number of nitrogens with zero attached hydrogens (tertiary/aromatic N) is 12. The fourth-order valence-corrected chi connectivity index (χ4v) is 10.6. The Morgan fingerprint density at radius 2 is 0.641 bits per heavy atom. The molecule has 5 heterocycles. The largest absolute Gasteiger partial charge is 0.308 e.